The molecule has 0 radical (unpaired) electrons. The van der Waals surface area contributed by atoms with Crippen LogP contribution in [-0.2, 0) is 4.74 Å². The predicted octanol–water partition coefficient (Wildman–Crippen LogP) is 1.06. The highest BCUT2D eigenvalue weighted by atomic mass is 16.5. The zero-order valence-electron chi connectivity index (χ0n) is 8.96. The molecular weight excluding hydrogens is 168 g/mol. The quantitative estimate of drug-likeness (QED) is 0.717. The maximum atomic E-state index is 11.2. The minimum atomic E-state index is -0.288. The van der Waals surface area contributed by atoms with Gasteiger partial charge in [-0.05, 0) is 18.9 Å². The summed E-state index contributed by atoms with van der Waals surface area (Å²) in [5.74, 6) is 0. The van der Waals surface area contributed by atoms with Gasteiger partial charge in [0.15, 0.2) is 0 Å². The molecule has 0 aliphatic carbocycles. The second kappa shape index (κ2) is 5.07. The molecule has 0 atom stereocenters. The van der Waals surface area contributed by atoms with E-state index in [1.54, 1.807) is 4.90 Å². The lowest BCUT2D eigenvalue weighted by atomic mass is 9.93. The van der Waals surface area contributed by atoms with E-state index < -0.39 is 0 Å². The highest BCUT2D eigenvalue weighted by Gasteiger charge is 2.22. The van der Waals surface area contributed by atoms with E-state index in [9.17, 15) is 4.79 Å². The van der Waals surface area contributed by atoms with Crippen LogP contribution >= 0.6 is 0 Å². The van der Waals surface area contributed by atoms with Crippen molar-refractivity contribution in [1.29, 1.82) is 0 Å². The summed E-state index contributed by atoms with van der Waals surface area (Å²) in [4.78, 5) is 12.8. The molecule has 0 heterocycles. The first-order valence-corrected chi connectivity index (χ1v) is 4.50. The highest BCUT2D eigenvalue weighted by Crippen LogP contribution is 2.14. The Kier molecular flexibility index (Phi) is 4.77. The molecule has 0 aromatic carbocycles. The van der Waals surface area contributed by atoms with Crippen LogP contribution in [0.5, 0.6) is 0 Å². The van der Waals surface area contributed by atoms with Gasteiger partial charge in [0, 0.05) is 13.1 Å². The molecule has 0 fully saturated rings. The van der Waals surface area contributed by atoms with E-state index >= 15 is 0 Å². The smallest absolute Gasteiger partial charge is 0.409 e. The van der Waals surface area contributed by atoms with Gasteiger partial charge in [0.25, 0.3) is 0 Å². The first-order chi connectivity index (χ1) is 5.96. The van der Waals surface area contributed by atoms with Crippen molar-refractivity contribution in [1.82, 2.24) is 4.90 Å². The van der Waals surface area contributed by atoms with Gasteiger partial charge in [-0.3, -0.25) is 0 Å². The fourth-order valence-corrected chi connectivity index (χ4v) is 1.02. The van der Waals surface area contributed by atoms with E-state index in [-0.39, 0.29) is 11.5 Å². The summed E-state index contributed by atoms with van der Waals surface area (Å²) < 4.78 is 4.64. The van der Waals surface area contributed by atoms with Crippen molar-refractivity contribution in [3.63, 3.8) is 0 Å². The lowest BCUT2D eigenvalue weighted by molar-refractivity contribution is 0.108. The van der Waals surface area contributed by atoms with Crippen molar-refractivity contribution >= 4 is 6.09 Å². The first-order valence-electron chi connectivity index (χ1n) is 4.50. The number of amides is 1. The molecule has 0 aliphatic rings. The minimum absolute atomic E-state index is 0.0514. The van der Waals surface area contributed by atoms with Gasteiger partial charge in [-0.1, -0.05) is 13.8 Å². The SMILES string of the molecule is CCN(CC(C)(C)CN)C(=O)OC. The van der Waals surface area contributed by atoms with E-state index in [2.05, 4.69) is 4.74 Å². The number of methoxy groups -OCH3 is 1. The van der Waals surface area contributed by atoms with Crippen molar-refractivity contribution < 1.29 is 9.53 Å². The Balaban J connectivity index is 4.20. The van der Waals surface area contributed by atoms with E-state index in [0.717, 1.165) is 0 Å². The van der Waals surface area contributed by atoms with Gasteiger partial charge < -0.3 is 15.4 Å². The second-order valence-corrected chi connectivity index (χ2v) is 3.85. The Hall–Kier alpha value is -0.770. The molecule has 0 aromatic rings. The Bertz CT molecular complexity index is 169. The van der Waals surface area contributed by atoms with Crippen LogP contribution < -0.4 is 5.73 Å². The molecule has 13 heavy (non-hydrogen) atoms. The van der Waals surface area contributed by atoms with Crippen molar-refractivity contribution in [3.8, 4) is 0 Å². The standard InChI is InChI=1S/C9H20N2O2/c1-5-11(8(12)13-4)7-9(2,3)6-10/h5-7,10H2,1-4H3. The average molecular weight is 188 g/mol. The van der Waals surface area contributed by atoms with Crippen LogP contribution in [-0.4, -0.2) is 37.7 Å². The average Bonchev–Trinajstić information content (AvgIpc) is 2.13. The van der Waals surface area contributed by atoms with Gasteiger partial charge in [0.05, 0.1) is 7.11 Å². The second-order valence-electron chi connectivity index (χ2n) is 3.85. The predicted molar refractivity (Wildman–Crippen MR) is 52.5 cm³/mol. The normalized spacial score (nSPS) is 11.2. The molecule has 78 valence electrons. The summed E-state index contributed by atoms with van der Waals surface area (Å²) in [7, 11) is 1.39. The molecular formula is C9H20N2O2. The maximum Gasteiger partial charge on any atom is 0.409 e. The van der Waals surface area contributed by atoms with Gasteiger partial charge in [-0.25, -0.2) is 4.79 Å². The molecule has 0 saturated carbocycles. The maximum absolute atomic E-state index is 11.2. The van der Waals surface area contributed by atoms with E-state index in [1.165, 1.54) is 7.11 Å². The van der Waals surface area contributed by atoms with Gasteiger partial charge in [0.1, 0.15) is 0 Å². The van der Waals surface area contributed by atoms with Crippen molar-refractivity contribution in [2.75, 3.05) is 26.7 Å². The van der Waals surface area contributed by atoms with Crippen LogP contribution in [0.25, 0.3) is 0 Å². The van der Waals surface area contributed by atoms with E-state index in [0.29, 0.717) is 19.6 Å². The number of hydrogen-bond acceptors (Lipinski definition) is 3. The molecule has 0 aromatic heterocycles. The molecule has 2 N–H and O–H groups in total. The third-order valence-electron chi connectivity index (χ3n) is 1.99. The van der Waals surface area contributed by atoms with E-state index in [4.69, 9.17) is 5.73 Å². The van der Waals surface area contributed by atoms with Crippen LogP contribution in [0.3, 0.4) is 0 Å². The summed E-state index contributed by atoms with van der Waals surface area (Å²) in [5.41, 5.74) is 5.52. The number of rotatable bonds is 4. The van der Waals surface area contributed by atoms with Crippen molar-refractivity contribution in [2.24, 2.45) is 11.1 Å². The van der Waals surface area contributed by atoms with Crippen LogP contribution in [0, 0.1) is 5.41 Å². The van der Waals surface area contributed by atoms with Crippen LogP contribution in [0.15, 0.2) is 0 Å². The first kappa shape index (κ1) is 12.2. The van der Waals surface area contributed by atoms with Crippen molar-refractivity contribution in [3.05, 3.63) is 0 Å². The minimum Gasteiger partial charge on any atom is -0.453 e. The molecule has 0 saturated heterocycles. The summed E-state index contributed by atoms with van der Waals surface area (Å²) >= 11 is 0. The number of nitrogens with zero attached hydrogens (tertiary/aromatic N) is 1. The fraction of sp³-hybridized carbons (Fsp3) is 0.889. The van der Waals surface area contributed by atoms with Crippen molar-refractivity contribution in [2.45, 2.75) is 20.8 Å². The number of carbonyl (C=O) groups excluding carboxylic acids is 1. The molecule has 0 spiro atoms. The number of nitrogens with two attached hydrogens (primary N) is 1. The molecule has 0 aliphatic heterocycles. The van der Waals surface area contributed by atoms with Gasteiger partial charge in [0.2, 0.25) is 0 Å². The Morgan fingerprint density at radius 1 is 1.54 bits per heavy atom. The molecule has 1 amide bonds. The highest BCUT2D eigenvalue weighted by molar-refractivity contribution is 5.67. The summed E-state index contributed by atoms with van der Waals surface area (Å²) in [5, 5.41) is 0. The molecule has 4 nitrogen and oxygen atoms in total. The molecule has 0 bridgehead atoms. The van der Waals surface area contributed by atoms with Crippen LogP contribution in [0.1, 0.15) is 20.8 Å². The zero-order valence-corrected chi connectivity index (χ0v) is 8.96. The Morgan fingerprint density at radius 2 is 2.08 bits per heavy atom. The third-order valence-corrected chi connectivity index (χ3v) is 1.99. The lowest BCUT2D eigenvalue weighted by Crippen LogP contribution is -2.41. The van der Waals surface area contributed by atoms with Gasteiger partial charge in [-0.15, -0.1) is 0 Å². The Morgan fingerprint density at radius 3 is 2.38 bits per heavy atom. The van der Waals surface area contributed by atoms with E-state index in [1.807, 2.05) is 20.8 Å². The summed E-state index contributed by atoms with van der Waals surface area (Å²) in [6, 6.07) is 0. The third kappa shape index (κ3) is 4.12. The van der Waals surface area contributed by atoms with Crippen LogP contribution in [0.2, 0.25) is 0 Å². The molecule has 0 unspecified atom stereocenters. The summed E-state index contributed by atoms with van der Waals surface area (Å²) in [6.07, 6.45) is -0.288. The monoisotopic (exact) mass is 188 g/mol. The van der Waals surface area contributed by atoms with Gasteiger partial charge in [-0.2, -0.15) is 0 Å². The summed E-state index contributed by atoms with van der Waals surface area (Å²) in [6.45, 7) is 7.81. The lowest BCUT2D eigenvalue weighted by Gasteiger charge is -2.29. The topological polar surface area (TPSA) is 55.6 Å². The van der Waals surface area contributed by atoms with Gasteiger partial charge >= 0.3 is 6.09 Å². The molecule has 0 rings (SSSR count). The number of ether oxygens (including phenoxy) is 1. The number of hydrogen-bond donors (Lipinski definition) is 1. The largest absolute Gasteiger partial charge is 0.453 e. The van der Waals surface area contributed by atoms with Crippen LogP contribution in [0.4, 0.5) is 4.79 Å². The number of carbonyl (C=O) groups is 1. The Labute approximate surface area is 80.0 Å². The molecule has 4 heteroatoms. The fourth-order valence-electron chi connectivity index (χ4n) is 1.02. The zero-order chi connectivity index (χ0) is 10.5.